The van der Waals surface area contributed by atoms with E-state index in [1.165, 1.54) is 0 Å². The third-order valence-electron chi connectivity index (χ3n) is 4.97. The zero-order chi connectivity index (χ0) is 19.5. The maximum Gasteiger partial charge on any atom is 0.278 e. The largest absolute Gasteiger partial charge is 0.374 e. The molecule has 2 aromatic heterocycles. The molecule has 0 fully saturated rings. The van der Waals surface area contributed by atoms with Crippen molar-refractivity contribution in [2.75, 3.05) is 5.32 Å². The van der Waals surface area contributed by atoms with Gasteiger partial charge in [0.1, 0.15) is 0 Å². The lowest BCUT2D eigenvalue weighted by Crippen LogP contribution is -2.25. The average molecular weight is 370 g/mol. The third kappa shape index (κ3) is 3.22. The van der Waals surface area contributed by atoms with Crippen LogP contribution in [-0.4, -0.2) is 14.3 Å². The molecule has 1 N–H and O–H groups in total. The van der Waals surface area contributed by atoms with E-state index in [2.05, 4.69) is 10.3 Å². The Labute approximate surface area is 163 Å². The maximum absolute atomic E-state index is 13.5. The topological polar surface area (TPSA) is 51.9 Å². The zero-order valence-electron chi connectivity index (χ0n) is 15.9. The molecule has 1 unspecified atom stereocenters. The average Bonchev–Trinajstić information content (AvgIpc) is 2.97. The van der Waals surface area contributed by atoms with Crippen molar-refractivity contribution < 1.29 is 0 Å². The molecule has 4 aromatic rings. The van der Waals surface area contributed by atoms with E-state index in [0.29, 0.717) is 11.4 Å². The molecule has 4 rings (SSSR count). The standard InChI is InChI=1S/C23H22N4O/c1-17-21(23(28)27(26(17)2)20-15-9-10-16-24-20)22(18-11-5-3-6-12-18)25-19-13-7-4-8-14-19/h3-16,22,25H,1-2H3. The summed E-state index contributed by atoms with van der Waals surface area (Å²) in [4.78, 5) is 17.8. The monoisotopic (exact) mass is 370 g/mol. The van der Waals surface area contributed by atoms with Gasteiger partial charge in [-0.15, -0.1) is 0 Å². The van der Waals surface area contributed by atoms with Crippen molar-refractivity contribution in [2.45, 2.75) is 13.0 Å². The van der Waals surface area contributed by atoms with Crippen molar-refractivity contribution in [1.29, 1.82) is 0 Å². The lowest BCUT2D eigenvalue weighted by atomic mass is 9.98. The number of hydrogen-bond acceptors (Lipinski definition) is 3. The van der Waals surface area contributed by atoms with Crippen LogP contribution in [0.15, 0.2) is 89.9 Å². The van der Waals surface area contributed by atoms with Gasteiger partial charge in [0.15, 0.2) is 5.82 Å². The van der Waals surface area contributed by atoms with Crippen molar-refractivity contribution in [3.63, 3.8) is 0 Å². The highest BCUT2D eigenvalue weighted by Crippen LogP contribution is 2.27. The normalized spacial score (nSPS) is 11.9. The van der Waals surface area contributed by atoms with E-state index in [4.69, 9.17) is 0 Å². The second-order valence-corrected chi connectivity index (χ2v) is 6.68. The molecule has 5 heteroatoms. The van der Waals surface area contributed by atoms with Gasteiger partial charge in [-0.25, -0.2) is 4.98 Å². The predicted molar refractivity (Wildman–Crippen MR) is 112 cm³/mol. The number of anilines is 1. The van der Waals surface area contributed by atoms with Gasteiger partial charge in [-0.1, -0.05) is 54.6 Å². The lowest BCUT2D eigenvalue weighted by Gasteiger charge is -2.20. The summed E-state index contributed by atoms with van der Waals surface area (Å²) in [6.45, 7) is 1.97. The smallest absolute Gasteiger partial charge is 0.278 e. The highest BCUT2D eigenvalue weighted by molar-refractivity contribution is 5.50. The summed E-state index contributed by atoms with van der Waals surface area (Å²) >= 11 is 0. The molecule has 0 aliphatic heterocycles. The summed E-state index contributed by atoms with van der Waals surface area (Å²) in [6, 6.07) is 25.3. The van der Waals surface area contributed by atoms with Gasteiger partial charge in [0.05, 0.1) is 11.6 Å². The molecule has 140 valence electrons. The molecule has 0 bridgehead atoms. The van der Waals surface area contributed by atoms with Crippen molar-refractivity contribution in [1.82, 2.24) is 14.3 Å². The van der Waals surface area contributed by atoms with E-state index >= 15 is 0 Å². The molecule has 0 saturated heterocycles. The molecule has 2 aromatic carbocycles. The molecular weight excluding hydrogens is 348 g/mol. The Morgan fingerprint density at radius 3 is 2.18 bits per heavy atom. The minimum Gasteiger partial charge on any atom is -0.374 e. The third-order valence-corrected chi connectivity index (χ3v) is 4.97. The second-order valence-electron chi connectivity index (χ2n) is 6.68. The fourth-order valence-corrected chi connectivity index (χ4v) is 3.47. The second kappa shape index (κ2) is 7.56. The molecule has 0 aliphatic rings. The van der Waals surface area contributed by atoms with Crippen LogP contribution in [0.5, 0.6) is 0 Å². The van der Waals surface area contributed by atoms with E-state index in [9.17, 15) is 4.79 Å². The molecule has 0 spiro atoms. The quantitative estimate of drug-likeness (QED) is 0.576. The number of para-hydroxylation sites is 1. The Morgan fingerprint density at radius 2 is 1.54 bits per heavy atom. The van der Waals surface area contributed by atoms with Gasteiger partial charge in [-0.2, -0.15) is 4.68 Å². The summed E-state index contributed by atoms with van der Waals surface area (Å²) in [5, 5.41) is 3.54. The summed E-state index contributed by atoms with van der Waals surface area (Å²) in [7, 11) is 1.89. The molecule has 0 radical (unpaired) electrons. The molecular formula is C23H22N4O. The fraction of sp³-hybridized carbons (Fsp3) is 0.130. The van der Waals surface area contributed by atoms with Crippen LogP contribution in [-0.2, 0) is 7.05 Å². The van der Waals surface area contributed by atoms with Crippen LogP contribution in [0.25, 0.3) is 5.82 Å². The summed E-state index contributed by atoms with van der Waals surface area (Å²) < 4.78 is 3.48. The highest BCUT2D eigenvalue weighted by atomic mass is 16.1. The molecule has 28 heavy (non-hydrogen) atoms. The Kier molecular flexibility index (Phi) is 4.81. The lowest BCUT2D eigenvalue weighted by molar-refractivity contribution is 0.618. The molecule has 0 amide bonds. The van der Waals surface area contributed by atoms with Gasteiger partial charge in [-0.3, -0.25) is 9.48 Å². The van der Waals surface area contributed by atoms with Crippen LogP contribution in [0.3, 0.4) is 0 Å². The van der Waals surface area contributed by atoms with Crippen LogP contribution in [0.2, 0.25) is 0 Å². The van der Waals surface area contributed by atoms with Crippen molar-refractivity contribution in [3.8, 4) is 5.82 Å². The van der Waals surface area contributed by atoms with Crippen LogP contribution < -0.4 is 10.9 Å². The summed E-state index contributed by atoms with van der Waals surface area (Å²) in [5.74, 6) is 0.607. The van der Waals surface area contributed by atoms with Crippen LogP contribution >= 0.6 is 0 Å². The molecule has 2 heterocycles. The number of benzene rings is 2. The first-order chi connectivity index (χ1) is 13.7. The first kappa shape index (κ1) is 17.8. The van der Waals surface area contributed by atoms with Crippen LogP contribution in [0.1, 0.15) is 22.9 Å². The van der Waals surface area contributed by atoms with Gasteiger partial charge in [0.25, 0.3) is 5.56 Å². The Hall–Kier alpha value is -3.60. The highest BCUT2D eigenvalue weighted by Gasteiger charge is 2.25. The van der Waals surface area contributed by atoms with E-state index in [0.717, 1.165) is 16.9 Å². The van der Waals surface area contributed by atoms with Gasteiger partial charge in [0.2, 0.25) is 0 Å². The minimum absolute atomic E-state index is 0.0732. The predicted octanol–water partition coefficient (Wildman–Crippen LogP) is 4.08. The van der Waals surface area contributed by atoms with Crippen LogP contribution in [0, 0.1) is 6.92 Å². The number of rotatable bonds is 5. The number of hydrogen-bond donors (Lipinski definition) is 1. The van der Waals surface area contributed by atoms with Crippen molar-refractivity contribution in [3.05, 3.63) is 112 Å². The Morgan fingerprint density at radius 1 is 0.893 bits per heavy atom. The Bertz CT molecular complexity index is 1120. The Balaban J connectivity index is 1.89. The first-order valence-corrected chi connectivity index (χ1v) is 9.23. The van der Waals surface area contributed by atoms with Gasteiger partial charge >= 0.3 is 0 Å². The van der Waals surface area contributed by atoms with Gasteiger partial charge in [0, 0.05) is 24.6 Å². The van der Waals surface area contributed by atoms with Crippen LogP contribution in [0.4, 0.5) is 5.69 Å². The van der Waals surface area contributed by atoms with Gasteiger partial charge in [-0.05, 0) is 36.8 Å². The van der Waals surface area contributed by atoms with Crippen molar-refractivity contribution >= 4 is 5.69 Å². The summed E-state index contributed by atoms with van der Waals surface area (Å²) in [5.41, 5.74) is 3.53. The number of pyridine rings is 1. The van der Waals surface area contributed by atoms with E-state index < -0.39 is 0 Å². The van der Waals surface area contributed by atoms with E-state index in [1.807, 2.05) is 97.5 Å². The zero-order valence-corrected chi connectivity index (χ0v) is 15.9. The van der Waals surface area contributed by atoms with Gasteiger partial charge < -0.3 is 5.32 Å². The fourth-order valence-electron chi connectivity index (χ4n) is 3.47. The minimum atomic E-state index is -0.271. The van der Waals surface area contributed by atoms with Crippen molar-refractivity contribution in [2.24, 2.45) is 7.05 Å². The van der Waals surface area contributed by atoms with E-state index in [1.54, 1.807) is 10.9 Å². The maximum atomic E-state index is 13.5. The first-order valence-electron chi connectivity index (χ1n) is 9.23. The number of nitrogens with zero attached hydrogens (tertiary/aromatic N) is 3. The number of aromatic nitrogens is 3. The van der Waals surface area contributed by atoms with E-state index in [-0.39, 0.29) is 11.6 Å². The molecule has 1 atom stereocenters. The molecule has 0 aliphatic carbocycles. The molecule has 0 saturated carbocycles. The SMILES string of the molecule is Cc1c(C(Nc2ccccc2)c2ccccc2)c(=O)n(-c2ccccn2)n1C. The molecule has 5 nitrogen and oxygen atoms in total. The number of nitrogens with one attached hydrogen (secondary N) is 1. The summed E-state index contributed by atoms with van der Waals surface area (Å²) in [6.07, 6.45) is 1.70.